The maximum atomic E-state index is 14.4. The van der Waals surface area contributed by atoms with Crippen molar-refractivity contribution in [2.75, 3.05) is 4.72 Å². The van der Waals surface area contributed by atoms with E-state index in [9.17, 15) is 35.2 Å². The molecule has 0 atom stereocenters. The molecule has 3 rings (SSSR count). The topological polar surface area (TPSA) is 97.4 Å². The van der Waals surface area contributed by atoms with E-state index >= 15 is 0 Å². The van der Waals surface area contributed by atoms with E-state index in [1.54, 1.807) is 0 Å². The molecule has 15 heteroatoms. The summed E-state index contributed by atoms with van der Waals surface area (Å²) in [6, 6.07) is 5.15. The van der Waals surface area contributed by atoms with Crippen LogP contribution >= 0.6 is 22.9 Å². The van der Waals surface area contributed by atoms with Gasteiger partial charge < -0.3 is 10.1 Å². The van der Waals surface area contributed by atoms with E-state index in [4.69, 9.17) is 11.6 Å². The Hall–Kier alpha value is -2.97. The minimum Gasteiger partial charge on any atom is -0.403 e. The summed E-state index contributed by atoms with van der Waals surface area (Å²) in [5.41, 5.74) is -0.201. The summed E-state index contributed by atoms with van der Waals surface area (Å²) >= 11 is 6.48. The van der Waals surface area contributed by atoms with Gasteiger partial charge in [0.2, 0.25) is 0 Å². The van der Waals surface area contributed by atoms with Crippen molar-refractivity contribution in [1.29, 1.82) is 0 Å². The molecule has 0 saturated heterocycles. The third-order valence-electron chi connectivity index (χ3n) is 3.86. The van der Waals surface area contributed by atoms with Gasteiger partial charge in [0.1, 0.15) is 15.0 Å². The molecule has 2 N–H and O–H groups in total. The molecular formula is C18H11ClF5N3O4S2. The van der Waals surface area contributed by atoms with E-state index in [0.29, 0.717) is 6.07 Å². The lowest BCUT2D eigenvalue weighted by Gasteiger charge is -2.12. The number of thiazole rings is 1. The third kappa shape index (κ3) is 6.52. The summed E-state index contributed by atoms with van der Waals surface area (Å²) in [6.07, 6.45) is -3.91. The minimum absolute atomic E-state index is 0.0648. The number of anilines is 1. The van der Waals surface area contributed by atoms with Crippen LogP contribution in [0.1, 0.15) is 15.9 Å². The summed E-state index contributed by atoms with van der Waals surface area (Å²) in [6.45, 7) is -0.346. The van der Waals surface area contributed by atoms with E-state index in [-0.39, 0.29) is 27.1 Å². The normalized spacial score (nSPS) is 11.8. The molecule has 1 heterocycles. The first-order chi connectivity index (χ1) is 15.3. The van der Waals surface area contributed by atoms with Crippen molar-refractivity contribution in [3.8, 4) is 5.75 Å². The number of nitrogens with zero attached hydrogens (tertiary/aromatic N) is 1. The highest BCUT2D eigenvalue weighted by atomic mass is 35.5. The summed E-state index contributed by atoms with van der Waals surface area (Å²) < 4.78 is 95.3. The molecule has 0 radical (unpaired) electrons. The zero-order valence-electron chi connectivity index (χ0n) is 15.9. The van der Waals surface area contributed by atoms with Gasteiger partial charge in [-0.1, -0.05) is 29.0 Å². The first kappa shape index (κ1) is 24.7. The van der Waals surface area contributed by atoms with Gasteiger partial charge in [-0.3, -0.25) is 9.52 Å². The number of aromatic nitrogens is 1. The Labute approximate surface area is 192 Å². The summed E-state index contributed by atoms with van der Waals surface area (Å²) in [5, 5.41) is 2.21. The van der Waals surface area contributed by atoms with Crippen LogP contribution in [0.5, 0.6) is 5.75 Å². The predicted molar refractivity (Wildman–Crippen MR) is 109 cm³/mol. The Bertz CT molecular complexity index is 1300. The molecule has 0 spiro atoms. The quantitative estimate of drug-likeness (QED) is 0.434. The molecule has 0 fully saturated rings. The van der Waals surface area contributed by atoms with Gasteiger partial charge in [0.15, 0.2) is 16.7 Å². The number of carbonyl (C=O) groups excluding carboxylic acids is 1. The number of halogens is 6. The Balaban J connectivity index is 1.70. The monoisotopic (exact) mass is 527 g/mol. The number of nitrogens with one attached hydrogen (secondary N) is 2. The van der Waals surface area contributed by atoms with E-state index < -0.39 is 44.6 Å². The zero-order valence-corrected chi connectivity index (χ0v) is 18.3. The van der Waals surface area contributed by atoms with Crippen LogP contribution in [-0.2, 0) is 16.6 Å². The second-order valence-electron chi connectivity index (χ2n) is 6.22. The predicted octanol–water partition coefficient (Wildman–Crippen LogP) is 4.70. The largest absolute Gasteiger partial charge is 0.573 e. The smallest absolute Gasteiger partial charge is 0.403 e. The van der Waals surface area contributed by atoms with Crippen molar-refractivity contribution in [3.05, 3.63) is 69.7 Å². The van der Waals surface area contributed by atoms with Crippen LogP contribution in [0, 0.1) is 11.6 Å². The molecule has 0 aliphatic heterocycles. The fourth-order valence-electron chi connectivity index (χ4n) is 2.48. The van der Waals surface area contributed by atoms with Gasteiger partial charge in [-0.2, -0.15) is 0 Å². The summed E-state index contributed by atoms with van der Waals surface area (Å²) in [7, 11) is -4.36. The molecule has 0 aliphatic rings. The fraction of sp³-hybridized carbons (Fsp3) is 0.111. The van der Waals surface area contributed by atoms with Crippen LogP contribution in [0.2, 0.25) is 4.34 Å². The SMILES string of the molecule is O=C(NCc1ccc(F)c(OC(F)(F)F)c1)c1ccc(S(=O)(=O)Nc2ncc(Cl)s2)c(F)c1. The van der Waals surface area contributed by atoms with Crippen LogP contribution in [-0.4, -0.2) is 25.7 Å². The molecular weight excluding hydrogens is 517 g/mol. The van der Waals surface area contributed by atoms with E-state index in [0.717, 1.165) is 41.7 Å². The lowest BCUT2D eigenvalue weighted by Crippen LogP contribution is -2.24. The highest BCUT2D eigenvalue weighted by molar-refractivity contribution is 7.93. The van der Waals surface area contributed by atoms with Gasteiger partial charge in [-0.25, -0.2) is 22.2 Å². The molecule has 0 unspecified atom stereocenters. The molecule has 1 amide bonds. The summed E-state index contributed by atoms with van der Waals surface area (Å²) in [5.74, 6) is -4.43. The number of ether oxygens (including phenoxy) is 1. The molecule has 176 valence electrons. The molecule has 0 bridgehead atoms. The van der Waals surface area contributed by atoms with Crippen LogP contribution in [0.4, 0.5) is 27.1 Å². The van der Waals surface area contributed by atoms with Crippen molar-refractivity contribution < 1.29 is 39.9 Å². The number of carbonyl (C=O) groups is 1. The molecule has 7 nitrogen and oxygen atoms in total. The minimum atomic E-state index is -5.11. The number of alkyl halides is 3. The summed E-state index contributed by atoms with van der Waals surface area (Å²) in [4.78, 5) is 15.2. The second kappa shape index (κ2) is 9.49. The first-order valence-corrected chi connectivity index (χ1v) is 11.3. The number of hydrogen-bond acceptors (Lipinski definition) is 6. The van der Waals surface area contributed by atoms with Gasteiger partial charge in [0.05, 0.1) is 6.20 Å². The lowest BCUT2D eigenvalue weighted by molar-refractivity contribution is -0.275. The van der Waals surface area contributed by atoms with Gasteiger partial charge in [-0.05, 0) is 35.9 Å². The molecule has 33 heavy (non-hydrogen) atoms. The number of sulfonamides is 1. The average Bonchev–Trinajstić information content (AvgIpc) is 3.10. The number of amides is 1. The van der Waals surface area contributed by atoms with Gasteiger partial charge >= 0.3 is 6.36 Å². The Morgan fingerprint density at radius 1 is 1.12 bits per heavy atom. The van der Waals surface area contributed by atoms with Crippen molar-refractivity contribution in [3.63, 3.8) is 0 Å². The van der Waals surface area contributed by atoms with Crippen LogP contribution in [0.3, 0.4) is 0 Å². The van der Waals surface area contributed by atoms with Crippen molar-refractivity contribution in [2.45, 2.75) is 17.8 Å². The Morgan fingerprint density at radius 2 is 1.85 bits per heavy atom. The van der Waals surface area contributed by atoms with Gasteiger partial charge in [0.25, 0.3) is 15.9 Å². The molecule has 0 saturated carbocycles. The highest BCUT2D eigenvalue weighted by Crippen LogP contribution is 2.27. The van der Waals surface area contributed by atoms with E-state index in [2.05, 4.69) is 15.0 Å². The van der Waals surface area contributed by atoms with Crippen molar-refractivity contribution in [1.82, 2.24) is 10.3 Å². The standard InChI is InChI=1S/C18H11ClF5N3O4S2/c19-15-8-26-17(32-15)27-33(29,30)14-4-2-10(6-12(14)21)16(28)25-7-9-1-3-11(20)13(5-9)31-18(22,23)24/h1-6,8H,7H2,(H,25,28)(H,26,27). The number of benzene rings is 2. The average molecular weight is 528 g/mol. The third-order valence-corrected chi connectivity index (χ3v) is 6.39. The van der Waals surface area contributed by atoms with Crippen molar-refractivity contribution >= 4 is 44.0 Å². The van der Waals surface area contributed by atoms with Gasteiger partial charge in [0, 0.05) is 12.1 Å². The van der Waals surface area contributed by atoms with Crippen LogP contribution in [0.15, 0.2) is 47.5 Å². The molecule has 2 aromatic carbocycles. The zero-order chi connectivity index (χ0) is 24.4. The van der Waals surface area contributed by atoms with Crippen LogP contribution in [0.25, 0.3) is 0 Å². The van der Waals surface area contributed by atoms with Crippen LogP contribution < -0.4 is 14.8 Å². The molecule has 3 aromatic rings. The van der Waals surface area contributed by atoms with Crippen molar-refractivity contribution in [2.24, 2.45) is 0 Å². The number of rotatable bonds is 7. The first-order valence-electron chi connectivity index (χ1n) is 8.60. The maximum Gasteiger partial charge on any atom is 0.573 e. The number of hydrogen-bond donors (Lipinski definition) is 2. The maximum absolute atomic E-state index is 14.4. The highest BCUT2D eigenvalue weighted by Gasteiger charge is 2.32. The Kier molecular flexibility index (Phi) is 7.09. The second-order valence-corrected chi connectivity index (χ2v) is 9.53. The fourth-order valence-corrected chi connectivity index (χ4v) is 4.59. The molecule has 0 aliphatic carbocycles. The van der Waals surface area contributed by atoms with Gasteiger partial charge in [-0.15, -0.1) is 13.2 Å². The molecule has 1 aromatic heterocycles. The lowest BCUT2D eigenvalue weighted by atomic mass is 10.1. The van der Waals surface area contributed by atoms with E-state index in [1.165, 1.54) is 6.20 Å². The van der Waals surface area contributed by atoms with E-state index in [1.807, 2.05) is 4.72 Å². The Morgan fingerprint density at radius 3 is 2.45 bits per heavy atom.